The summed E-state index contributed by atoms with van der Waals surface area (Å²) in [6.07, 6.45) is 16.4. The molecule has 2 aliphatic heterocycles. The standard InChI is InChI=1S/C34H32N6.2CHF3O3S/c1-21-22(2)28-14-17-40-26(9-11-30-24(4)36-20-38-30)6-5-7-31(40)33(28)34-27(21)13-16-39-15-12-25(18-32(34)39)8-10-29-23(3)35-19-37-29;2*2-1(3,4)8(5,6)7/h5-12,15,18-20H,13-14,16-17H2,1-4H3;2*(H,5,6,7). The maximum absolute atomic E-state index is 10.7. The molecule has 0 bridgehead atoms. The van der Waals surface area contributed by atoms with Crippen LogP contribution in [0.3, 0.4) is 0 Å². The van der Waals surface area contributed by atoms with Crippen LogP contribution >= 0.6 is 0 Å². The first-order valence-corrected chi connectivity index (χ1v) is 19.4. The molecule has 0 radical (unpaired) electrons. The largest absolute Gasteiger partial charge is 0.741 e. The number of aromatic nitrogens is 6. The summed E-state index contributed by atoms with van der Waals surface area (Å²) in [5.41, 5.74) is 6.47. The third kappa shape index (κ3) is 8.93. The second-order valence-electron chi connectivity index (χ2n) is 12.8. The fourth-order valence-electron chi connectivity index (χ4n) is 6.42. The first-order chi connectivity index (χ1) is 26.0. The fraction of sp³-hybridized carbons (Fsp3) is 0.278. The molecule has 0 saturated carbocycles. The van der Waals surface area contributed by atoms with Gasteiger partial charge in [-0.05, 0) is 73.7 Å². The summed E-state index contributed by atoms with van der Waals surface area (Å²) in [6.45, 7) is 10.7. The van der Waals surface area contributed by atoms with Crippen LogP contribution in [0.25, 0.3) is 46.8 Å². The van der Waals surface area contributed by atoms with Crippen LogP contribution in [0.5, 0.6) is 0 Å². The Bertz CT molecular complexity index is 2510. The van der Waals surface area contributed by atoms with Crippen molar-refractivity contribution >= 4 is 44.5 Å². The number of H-pyrrole nitrogens is 2. The lowest BCUT2D eigenvalue weighted by molar-refractivity contribution is -0.690. The zero-order chi connectivity index (χ0) is 41.4. The number of hydrogen-bond donors (Lipinski definition) is 2. The summed E-state index contributed by atoms with van der Waals surface area (Å²) in [6, 6.07) is 11.3. The SMILES string of the molecule is Cc1[nH]cnc1C=Cc1cc[n+]2c(c1)-c1c(c(C)c(C)c3c1-c1cccc(C=Cc4nc[nH]c4C)[n+]1CC3)CC2.O=S(=O)([O-])C(F)(F)F.O=S(=O)([O-])C(F)(F)F. The molecule has 0 amide bonds. The van der Waals surface area contributed by atoms with Crippen molar-refractivity contribution in [2.24, 2.45) is 0 Å². The van der Waals surface area contributed by atoms with Gasteiger partial charge in [-0.15, -0.1) is 0 Å². The van der Waals surface area contributed by atoms with Gasteiger partial charge in [0.25, 0.3) is 0 Å². The first kappa shape index (κ1) is 42.0. The number of nitrogens with zero attached hydrogens (tertiary/aromatic N) is 4. The second-order valence-corrected chi connectivity index (χ2v) is 15.5. The van der Waals surface area contributed by atoms with Crippen molar-refractivity contribution in [1.82, 2.24) is 19.9 Å². The third-order valence-electron chi connectivity index (χ3n) is 9.36. The Morgan fingerprint density at radius 3 is 1.66 bits per heavy atom. The molecule has 5 aromatic rings. The van der Waals surface area contributed by atoms with Crippen molar-refractivity contribution in [2.75, 3.05) is 0 Å². The molecular formula is C36H34F6N6O6S2. The van der Waals surface area contributed by atoms with Gasteiger partial charge in [0, 0.05) is 54.6 Å². The summed E-state index contributed by atoms with van der Waals surface area (Å²) in [5, 5.41) is 0. The molecule has 1 aromatic carbocycles. The number of rotatable bonds is 4. The molecule has 2 N–H and O–H groups in total. The van der Waals surface area contributed by atoms with Gasteiger partial charge >= 0.3 is 11.0 Å². The van der Waals surface area contributed by atoms with Crippen LogP contribution in [0.4, 0.5) is 26.3 Å². The van der Waals surface area contributed by atoms with E-state index in [1.165, 1.54) is 56.0 Å². The molecular weight excluding hydrogens is 791 g/mol. The molecule has 0 aliphatic carbocycles. The van der Waals surface area contributed by atoms with E-state index in [-0.39, 0.29) is 0 Å². The summed E-state index contributed by atoms with van der Waals surface area (Å²) in [7, 11) is -12.2. The minimum absolute atomic E-state index is 0.966. The van der Waals surface area contributed by atoms with Gasteiger partial charge in [-0.1, -0.05) is 6.08 Å². The average molecular weight is 825 g/mol. The zero-order valence-corrected chi connectivity index (χ0v) is 31.7. The Kier molecular flexibility index (Phi) is 11.8. The second kappa shape index (κ2) is 15.8. The third-order valence-corrected chi connectivity index (χ3v) is 10.5. The molecule has 56 heavy (non-hydrogen) atoms. The molecule has 7 rings (SSSR count). The lowest BCUT2D eigenvalue weighted by Crippen LogP contribution is -2.45. The van der Waals surface area contributed by atoms with Crippen molar-refractivity contribution in [1.29, 1.82) is 0 Å². The number of benzene rings is 1. The minimum Gasteiger partial charge on any atom is -0.741 e. The van der Waals surface area contributed by atoms with Gasteiger partial charge in [0.2, 0.25) is 17.1 Å². The Balaban J connectivity index is 0.000000317. The van der Waals surface area contributed by atoms with Gasteiger partial charge in [-0.25, -0.2) is 26.8 Å². The van der Waals surface area contributed by atoms with Gasteiger partial charge < -0.3 is 19.1 Å². The molecule has 0 saturated heterocycles. The van der Waals surface area contributed by atoms with Gasteiger partial charge in [0.15, 0.2) is 39.5 Å². The number of fused-ring (bicyclic) bond motifs is 7. The van der Waals surface area contributed by atoms with E-state index in [9.17, 15) is 26.3 Å². The van der Waals surface area contributed by atoms with Crippen LogP contribution in [0.2, 0.25) is 0 Å². The molecule has 0 fully saturated rings. The number of hydrogen-bond acceptors (Lipinski definition) is 8. The number of aryl methyl sites for hydroxylation is 3. The lowest BCUT2D eigenvalue weighted by Gasteiger charge is -2.27. The van der Waals surface area contributed by atoms with Crippen LogP contribution < -0.4 is 9.13 Å². The molecule has 4 aromatic heterocycles. The fourth-order valence-corrected chi connectivity index (χ4v) is 6.42. The summed E-state index contributed by atoms with van der Waals surface area (Å²) in [4.78, 5) is 15.2. The quantitative estimate of drug-likeness (QED) is 0.0984. The minimum atomic E-state index is -6.09. The van der Waals surface area contributed by atoms with Crippen LogP contribution in [-0.4, -0.2) is 56.9 Å². The number of alkyl halides is 6. The Hall–Kier alpha value is -5.18. The van der Waals surface area contributed by atoms with Gasteiger partial charge in [-0.3, -0.25) is 0 Å². The molecule has 2 aliphatic rings. The maximum Gasteiger partial charge on any atom is 0.485 e. The smallest absolute Gasteiger partial charge is 0.485 e. The number of nitrogens with one attached hydrogen (secondary N) is 2. The van der Waals surface area contributed by atoms with E-state index in [2.05, 4.69) is 118 Å². The molecule has 0 atom stereocenters. The molecule has 0 spiro atoms. The summed E-state index contributed by atoms with van der Waals surface area (Å²) < 4.78 is 123. The zero-order valence-electron chi connectivity index (χ0n) is 30.1. The normalized spacial score (nSPS) is 13.9. The van der Waals surface area contributed by atoms with Crippen LogP contribution in [0.15, 0.2) is 49.2 Å². The number of imidazole rings is 2. The van der Waals surface area contributed by atoms with E-state index in [4.69, 9.17) is 25.9 Å². The lowest BCUT2D eigenvalue weighted by atomic mass is 9.79. The van der Waals surface area contributed by atoms with Crippen LogP contribution in [0.1, 0.15) is 56.3 Å². The van der Waals surface area contributed by atoms with E-state index in [0.717, 1.165) is 48.7 Å². The monoisotopic (exact) mass is 824 g/mol. The van der Waals surface area contributed by atoms with E-state index in [1.54, 1.807) is 12.7 Å². The molecule has 0 unspecified atom stereocenters. The van der Waals surface area contributed by atoms with Crippen LogP contribution in [0, 0.1) is 27.7 Å². The highest BCUT2D eigenvalue weighted by Crippen LogP contribution is 2.43. The maximum atomic E-state index is 10.7. The van der Waals surface area contributed by atoms with E-state index in [1.807, 2.05) is 0 Å². The number of aromatic amines is 2. The molecule has 298 valence electrons. The van der Waals surface area contributed by atoms with Crippen molar-refractivity contribution in [3.63, 3.8) is 0 Å². The summed E-state index contributed by atoms with van der Waals surface area (Å²) in [5.74, 6) is 0. The van der Waals surface area contributed by atoms with Gasteiger partial charge in [-0.2, -0.15) is 35.5 Å². The number of halogens is 6. The Morgan fingerprint density at radius 2 is 1.18 bits per heavy atom. The molecule has 6 heterocycles. The molecule has 12 nitrogen and oxygen atoms in total. The highest BCUT2D eigenvalue weighted by molar-refractivity contribution is 7.86. The highest BCUT2D eigenvalue weighted by Gasteiger charge is 2.38. The van der Waals surface area contributed by atoms with E-state index < -0.39 is 31.3 Å². The van der Waals surface area contributed by atoms with E-state index >= 15 is 0 Å². The first-order valence-electron chi connectivity index (χ1n) is 16.6. The Labute approximate surface area is 317 Å². The predicted octanol–water partition coefficient (Wildman–Crippen LogP) is 5.83. The molecule has 20 heteroatoms. The van der Waals surface area contributed by atoms with Crippen LogP contribution in [-0.2, 0) is 46.2 Å². The number of pyridine rings is 2. The summed E-state index contributed by atoms with van der Waals surface area (Å²) >= 11 is 0. The predicted molar refractivity (Wildman–Crippen MR) is 191 cm³/mol. The van der Waals surface area contributed by atoms with Crippen molar-refractivity contribution < 1.29 is 61.4 Å². The Morgan fingerprint density at radius 1 is 0.696 bits per heavy atom. The van der Waals surface area contributed by atoms with Crippen molar-refractivity contribution in [3.8, 4) is 22.5 Å². The average Bonchev–Trinajstić information content (AvgIpc) is 3.72. The van der Waals surface area contributed by atoms with E-state index in [0.29, 0.717) is 0 Å². The van der Waals surface area contributed by atoms with Crippen molar-refractivity contribution in [3.05, 3.63) is 105 Å². The van der Waals surface area contributed by atoms with Crippen molar-refractivity contribution in [2.45, 2.75) is 64.6 Å². The van der Waals surface area contributed by atoms with Gasteiger partial charge in [0.05, 0.1) is 35.2 Å². The highest BCUT2D eigenvalue weighted by atomic mass is 32.2. The van der Waals surface area contributed by atoms with Gasteiger partial charge in [0.1, 0.15) is 0 Å². The topological polar surface area (TPSA) is 180 Å².